The number of hydrogen-bond donors (Lipinski definition) is 2. The molecule has 3 nitrogen and oxygen atoms in total. The van der Waals surface area contributed by atoms with E-state index in [2.05, 4.69) is 0 Å². The molecule has 1 saturated carbocycles. The van der Waals surface area contributed by atoms with Crippen LogP contribution in [0, 0.1) is 5.92 Å². The van der Waals surface area contributed by atoms with Crippen LogP contribution in [0.15, 0.2) is 0 Å². The molecule has 1 rings (SSSR count). The van der Waals surface area contributed by atoms with E-state index in [0.29, 0.717) is 12.5 Å². The van der Waals surface area contributed by atoms with Gasteiger partial charge in [-0.1, -0.05) is 0 Å². The van der Waals surface area contributed by atoms with Gasteiger partial charge in [0.2, 0.25) is 7.37 Å². The molecule has 0 radical (unpaired) electrons. The standard InChI is InChI=1S/C6H14NO2P/c1-10(8,9)6-2-5(3-6)4-7/h5-6H,2-4,7H2,1H3,(H,8,9). The highest BCUT2D eigenvalue weighted by Gasteiger charge is 2.37. The van der Waals surface area contributed by atoms with Gasteiger partial charge in [-0.3, -0.25) is 4.57 Å². The Morgan fingerprint density at radius 3 is 2.50 bits per heavy atom. The molecule has 1 aliphatic rings. The molecule has 0 amide bonds. The second-order valence-corrected chi connectivity index (χ2v) is 5.79. The van der Waals surface area contributed by atoms with Crippen LogP contribution in [0.1, 0.15) is 12.8 Å². The molecule has 0 aromatic carbocycles. The quantitative estimate of drug-likeness (QED) is 0.586. The zero-order chi connectivity index (χ0) is 7.78. The maximum atomic E-state index is 11.0. The molecule has 0 spiro atoms. The minimum absolute atomic E-state index is 0.0426. The first-order chi connectivity index (χ1) is 4.54. The molecular formula is C6H14NO2P. The fourth-order valence-corrected chi connectivity index (χ4v) is 2.66. The molecule has 1 unspecified atom stereocenters. The first-order valence-electron chi connectivity index (χ1n) is 3.54. The predicted octanol–water partition coefficient (Wildman–Crippen LogP) is 0.624. The van der Waals surface area contributed by atoms with Gasteiger partial charge in [0.05, 0.1) is 0 Å². The zero-order valence-corrected chi connectivity index (χ0v) is 7.05. The molecular weight excluding hydrogens is 149 g/mol. The van der Waals surface area contributed by atoms with Gasteiger partial charge in [-0.2, -0.15) is 0 Å². The summed E-state index contributed by atoms with van der Waals surface area (Å²) in [6.07, 6.45) is 1.70. The highest BCUT2D eigenvalue weighted by atomic mass is 31.2. The fraction of sp³-hybridized carbons (Fsp3) is 1.00. The van der Waals surface area contributed by atoms with E-state index in [9.17, 15) is 4.57 Å². The Balaban J connectivity index is 2.33. The molecule has 4 heteroatoms. The third-order valence-electron chi connectivity index (χ3n) is 2.22. The first-order valence-corrected chi connectivity index (χ1v) is 5.71. The molecule has 0 heterocycles. The van der Waals surface area contributed by atoms with Crippen LogP contribution in [0.3, 0.4) is 0 Å². The van der Waals surface area contributed by atoms with Crippen molar-refractivity contribution >= 4 is 7.37 Å². The summed E-state index contributed by atoms with van der Waals surface area (Å²) in [6.45, 7) is 2.10. The molecule has 1 fully saturated rings. The molecule has 0 aliphatic heterocycles. The van der Waals surface area contributed by atoms with E-state index in [0.717, 1.165) is 12.8 Å². The van der Waals surface area contributed by atoms with Crippen molar-refractivity contribution in [2.45, 2.75) is 18.5 Å². The first kappa shape index (κ1) is 8.25. The van der Waals surface area contributed by atoms with Gasteiger partial charge in [0.15, 0.2) is 0 Å². The van der Waals surface area contributed by atoms with E-state index in [1.807, 2.05) is 0 Å². The summed E-state index contributed by atoms with van der Waals surface area (Å²) in [5, 5.41) is 0. The molecule has 10 heavy (non-hydrogen) atoms. The van der Waals surface area contributed by atoms with Gasteiger partial charge >= 0.3 is 0 Å². The van der Waals surface area contributed by atoms with E-state index in [4.69, 9.17) is 10.6 Å². The van der Waals surface area contributed by atoms with Crippen LogP contribution in [0.2, 0.25) is 0 Å². The third-order valence-corrected chi connectivity index (χ3v) is 4.00. The highest BCUT2D eigenvalue weighted by molar-refractivity contribution is 7.58. The van der Waals surface area contributed by atoms with E-state index in [1.54, 1.807) is 0 Å². The predicted molar refractivity (Wildman–Crippen MR) is 41.3 cm³/mol. The second-order valence-electron chi connectivity index (χ2n) is 3.17. The smallest absolute Gasteiger partial charge is 0.200 e. The maximum Gasteiger partial charge on any atom is 0.200 e. The van der Waals surface area contributed by atoms with Crippen molar-refractivity contribution in [3.8, 4) is 0 Å². The van der Waals surface area contributed by atoms with Crippen LogP contribution in [0.4, 0.5) is 0 Å². The van der Waals surface area contributed by atoms with E-state index >= 15 is 0 Å². The SMILES string of the molecule is CP(=O)(O)C1CC(CN)C1. The summed E-state index contributed by atoms with van der Waals surface area (Å²) in [4.78, 5) is 9.07. The Hall–Kier alpha value is 0.150. The minimum atomic E-state index is -2.78. The van der Waals surface area contributed by atoms with Crippen LogP contribution in [-0.4, -0.2) is 23.8 Å². The average molecular weight is 163 g/mol. The normalized spacial score (nSPS) is 38.3. The molecule has 3 N–H and O–H groups in total. The summed E-state index contributed by atoms with van der Waals surface area (Å²) in [6, 6.07) is 0. The molecule has 60 valence electrons. The summed E-state index contributed by atoms with van der Waals surface area (Å²) >= 11 is 0. The van der Waals surface area contributed by atoms with Crippen LogP contribution in [0.25, 0.3) is 0 Å². The lowest BCUT2D eigenvalue weighted by molar-refractivity contribution is 0.306. The van der Waals surface area contributed by atoms with Crippen LogP contribution in [0.5, 0.6) is 0 Å². The highest BCUT2D eigenvalue weighted by Crippen LogP contribution is 2.53. The lowest BCUT2D eigenvalue weighted by Gasteiger charge is -2.35. The van der Waals surface area contributed by atoms with Gasteiger partial charge in [-0.25, -0.2) is 0 Å². The van der Waals surface area contributed by atoms with Crippen molar-refractivity contribution in [2.24, 2.45) is 11.7 Å². The van der Waals surface area contributed by atoms with Gasteiger partial charge in [0.25, 0.3) is 0 Å². The zero-order valence-electron chi connectivity index (χ0n) is 6.16. The summed E-state index contributed by atoms with van der Waals surface area (Å²) < 4.78 is 11.0. The Morgan fingerprint density at radius 2 is 2.20 bits per heavy atom. The largest absolute Gasteiger partial charge is 0.344 e. The van der Waals surface area contributed by atoms with Crippen LogP contribution in [-0.2, 0) is 4.57 Å². The Morgan fingerprint density at radius 1 is 1.70 bits per heavy atom. The summed E-state index contributed by atoms with van der Waals surface area (Å²) in [5.41, 5.74) is 5.41. The number of rotatable bonds is 2. The second kappa shape index (κ2) is 2.65. The molecule has 0 aromatic heterocycles. The minimum Gasteiger partial charge on any atom is -0.344 e. The van der Waals surface area contributed by atoms with Crippen molar-refractivity contribution in [3.05, 3.63) is 0 Å². The van der Waals surface area contributed by atoms with E-state index < -0.39 is 7.37 Å². The van der Waals surface area contributed by atoms with Crippen LogP contribution >= 0.6 is 7.37 Å². The lowest BCUT2D eigenvalue weighted by atomic mass is 9.85. The van der Waals surface area contributed by atoms with Crippen molar-refractivity contribution in [1.29, 1.82) is 0 Å². The van der Waals surface area contributed by atoms with Gasteiger partial charge < -0.3 is 10.6 Å². The average Bonchev–Trinajstić information content (AvgIpc) is 1.57. The molecule has 0 bridgehead atoms. The molecule has 1 aliphatic carbocycles. The third kappa shape index (κ3) is 1.60. The van der Waals surface area contributed by atoms with Crippen molar-refractivity contribution < 1.29 is 9.46 Å². The Kier molecular flexibility index (Phi) is 2.18. The van der Waals surface area contributed by atoms with Gasteiger partial charge in [0.1, 0.15) is 0 Å². The molecule has 1 atom stereocenters. The van der Waals surface area contributed by atoms with E-state index in [1.165, 1.54) is 6.66 Å². The Bertz CT molecular complexity index is 159. The van der Waals surface area contributed by atoms with Gasteiger partial charge in [0, 0.05) is 12.3 Å². The number of hydrogen-bond acceptors (Lipinski definition) is 2. The topological polar surface area (TPSA) is 63.3 Å². The van der Waals surface area contributed by atoms with Crippen molar-refractivity contribution in [1.82, 2.24) is 0 Å². The Labute approximate surface area is 61.1 Å². The molecule has 0 saturated heterocycles. The number of nitrogens with two attached hydrogens (primary N) is 1. The summed E-state index contributed by atoms with van der Waals surface area (Å²) in [5.74, 6) is 0.505. The van der Waals surface area contributed by atoms with E-state index in [-0.39, 0.29) is 5.66 Å². The van der Waals surface area contributed by atoms with Crippen LogP contribution < -0.4 is 5.73 Å². The van der Waals surface area contributed by atoms with Gasteiger partial charge in [-0.05, 0) is 25.3 Å². The summed E-state index contributed by atoms with van der Waals surface area (Å²) in [7, 11) is -2.78. The fourth-order valence-electron chi connectivity index (χ4n) is 1.28. The maximum absolute atomic E-state index is 11.0. The van der Waals surface area contributed by atoms with Gasteiger partial charge in [-0.15, -0.1) is 0 Å². The molecule has 0 aromatic rings. The lowest BCUT2D eigenvalue weighted by Crippen LogP contribution is -2.33. The monoisotopic (exact) mass is 163 g/mol. The van der Waals surface area contributed by atoms with Crippen molar-refractivity contribution in [3.63, 3.8) is 0 Å². The van der Waals surface area contributed by atoms with Crippen molar-refractivity contribution in [2.75, 3.05) is 13.2 Å².